The van der Waals surface area contributed by atoms with Crippen molar-refractivity contribution in [1.29, 1.82) is 0 Å². The quantitative estimate of drug-likeness (QED) is 0.650. The Morgan fingerprint density at radius 1 is 1.42 bits per heavy atom. The minimum atomic E-state index is 0.719. The van der Waals surface area contributed by atoms with Crippen LogP contribution in [0.5, 0.6) is 0 Å². The van der Waals surface area contributed by atoms with E-state index in [1.54, 1.807) is 0 Å². The van der Waals surface area contributed by atoms with Crippen LogP contribution in [0.4, 0.5) is 0 Å². The van der Waals surface area contributed by atoms with E-state index in [2.05, 4.69) is 34.4 Å². The van der Waals surface area contributed by atoms with Gasteiger partial charge in [0.15, 0.2) is 0 Å². The Bertz CT molecular complexity index is 258. The summed E-state index contributed by atoms with van der Waals surface area (Å²) in [4.78, 5) is 0. The molecule has 0 saturated heterocycles. The molecule has 1 aromatic carbocycles. The molecule has 1 atom stereocenters. The first-order valence-electron chi connectivity index (χ1n) is 4.16. The average Bonchev–Trinajstić information content (AvgIpc) is 2.07. The molecule has 12 heavy (non-hydrogen) atoms. The standard InChI is InChI=1S/C10H15OP/c1-3-11-7-9-6-8(2)4-5-10(9)12/h4-6H,3,7,12H2,1-2H3. The second kappa shape index (κ2) is 4.59. The fourth-order valence-electron chi connectivity index (χ4n) is 1.07. The van der Waals surface area contributed by atoms with Gasteiger partial charge in [0.25, 0.3) is 0 Å². The third kappa shape index (κ3) is 2.58. The van der Waals surface area contributed by atoms with Crippen molar-refractivity contribution in [2.75, 3.05) is 6.61 Å². The van der Waals surface area contributed by atoms with Gasteiger partial charge in [-0.25, -0.2) is 0 Å². The van der Waals surface area contributed by atoms with Crippen LogP contribution in [-0.2, 0) is 11.3 Å². The normalized spacial score (nSPS) is 10.2. The molecule has 1 nitrogen and oxygen atoms in total. The van der Waals surface area contributed by atoms with Crippen molar-refractivity contribution >= 4 is 14.5 Å². The summed E-state index contributed by atoms with van der Waals surface area (Å²) in [5, 5.41) is 1.23. The van der Waals surface area contributed by atoms with Gasteiger partial charge in [-0.2, -0.15) is 0 Å². The van der Waals surface area contributed by atoms with Gasteiger partial charge in [0, 0.05) is 6.61 Å². The number of benzene rings is 1. The van der Waals surface area contributed by atoms with E-state index < -0.39 is 0 Å². The number of rotatable bonds is 3. The molecule has 2 heteroatoms. The molecule has 0 aliphatic heterocycles. The third-order valence-corrected chi connectivity index (χ3v) is 2.32. The van der Waals surface area contributed by atoms with Crippen LogP contribution >= 0.6 is 9.24 Å². The van der Waals surface area contributed by atoms with Crippen molar-refractivity contribution in [2.45, 2.75) is 20.5 Å². The summed E-state index contributed by atoms with van der Waals surface area (Å²) in [5.41, 5.74) is 2.55. The Balaban J connectivity index is 2.75. The zero-order chi connectivity index (χ0) is 8.97. The molecule has 0 aliphatic carbocycles. The molecular formula is C10H15OP. The van der Waals surface area contributed by atoms with Crippen LogP contribution in [-0.4, -0.2) is 6.61 Å². The van der Waals surface area contributed by atoms with E-state index in [0.717, 1.165) is 13.2 Å². The molecule has 0 aromatic heterocycles. The lowest BCUT2D eigenvalue weighted by molar-refractivity contribution is 0.134. The van der Waals surface area contributed by atoms with Crippen LogP contribution in [0.2, 0.25) is 0 Å². The van der Waals surface area contributed by atoms with Crippen LogP contribution in [0, 0.1) is 6.92 Å². The predicted molar refractivity (Wildman–Crippen MR) is 55.9 cm³/mol. The van der Waals surface area contributed by atoms with Gasteiger partial charge < -0.3 is 4.74 Å². The molecule has 0 amide bonds. The molecule has 1 unspecified atom stereocenters. The highest BCUT2D eigenvalue weighted by Crippen LogP contribution is 2.06. The summed E-state index contributed by atoms with van der Waals surface area (Å²) in [6.45, 7) is 5.60. The highest BCUT2D eigenvalue weighted by atomic mass is 31.0. The van der Waals surface area contributed by atoms with Gasteiger partial charge in [-0.3, -0.25) is 0 Å². The van der Waals surface area contributed by atoms with Crippen molar-refractivity contribution in [2.24, 2.45) is 0 Å². The molecular weight excluding hydrogens is 167 g/mol. The Morgan fingerprint density at radius 2 is 2.17 bits per heavy atom. The summed E-state index contributed by atoms with van der Waals surface area (Å²) < 4.78 is 5.34. The molecule has 66 valence electrons. The summed E-state index contributed by atoms with van der Waals surface area (Å²) in [7, 11) is 2.72. The average molecular weight is 182 g/mol. The molecule has 1 aromatic rings. The van der Waals surface area contributed by atoms with Gasteiger partial charge in [-0.05, 0) is 24.7 Å². The maximum absolute atomic E-state index is 5.34. The Kier molecular flexibility index (Phi) is 3.71. The largest absolute Gasteiger partial charge is 0.377 e. The summed E-state index contributed by atoms with van der Waals surface area (Å²) in [6, 6.07) is 6.38. The Hall–Kier alpha value is -0.390. The smallest absolute Gasteiger partial charge is 0.0722 e. The molecule has 0 heterocycles. The summed E-state index contributed by atoms with van der Waals surface area (Å²) in [5.74, 6) is 0. The Morgan fingerprint density at radius 3 is 2.83 bits per heavy atom. The van der Waals surface area contributed by atoms with Crippen molar-refractivity contribution in [3.8, 4) is 0 Å². The minimum Gasteiger partial charge on any atom is -0.377 e. The van der Waals surface area contributed by atoms with E-state index in [9.17, 15) is 0 Å². The van der Waals surface area contributed by atoms with E-state index >= 15 is 0 Å². The number of aryl methyl sites for hydroxylation is 1. The van der Waals surface area contributed by atoms with Crippen LogP contribution < -0.4 is 5.30 Å². The van der Waals surface area contributed by atoms with Crippen LogP contribution in [0.15, 0.2) is 18.2 Å². The van der Waals surface area contributed by atoms with Crippen molar-refractivity contribution in [3.05, 3.63) is 29.3 Å². The molecule has 0 fully saturated rings. The van der Waals surface area contributed by atoms with Crippen LogP contribution in [0.25, 0.3) is 0 Å². The predicted octanol–water partition coefficient (Wildman–Crippen LogP) is 2.03. The highest BCUT2D eigenvalue weighted by Gasteiger charge is 1.97. The van der Waals surface area contributed by atoms with Gasteiger partial charge >= 0.3 is 0 Å². The number of hydrogen-bond acceptors (Lipinski definition) is 1. The maximum atomic E-state index is 5.34. The zero-order valence-corrected chi connectivity index (χ0v) is 8.79. The van der Waals surface area contributed by atoms with Crippen LogP contribution in [0.3, 0.4) is 0 Å². The molecule has 1 rings (SSSR count). The van der Waals surface area contributed by atoms with E-state index in [1.807, 2.05) is 6.92 Å². The lowest BCUT2D eigenvalue weighted by atomic mass is 10.1. The van der Waals surface area contributed by atoms with Crippen molar-refractivity contribution < 1.29 is 4.74 Å². The summed E-state index contributed by atoms with van der Waals surface area (Å²) in [6.07, 6.45) is 0. The number of hydrogen-bond donors (Lipinski definition) is 0. The van der Waals surface area contributed by atoms with Gasteiger partial charge in [-0.15, -0.1) is 9.24 Å². The van der Waals surface area contributed by atoms with Gasteiger partial charge in [0.05, 0.1) is 6.61 Å². The van der Waals surface area contributed by atoms with Gasteiger partial charge in [-0.1, -0.05) is 23.8 Å². The second-order valence-corrected chi connectivity index (χ2v) is 3.46. The monoisotopic (exact) mass is 182 g/mol. The first kappa shape index (κ1) is 9.70. The first-order chi connectivity index (χ1) is 5.74. The Labute approximate surface area is 76.3 Å². The fourth-order valence-corrected chi connectivity index (χ4v) is 1.33. The molecule has 0 spiro atoms. The molecule has 0 N–H and O–H groups in total. The van der Waals surface area contributed by atoms with E-state index in [4.69, 9.17) is 4.74 Å². The molecule has 0 radical (unpaired) electrons. The molecule has 0 aliphatic rings. The lowest BCUT2D eigenvalue weighted by Gasteiger charge is -2.06. The van der Waals surface area contributed by atoms with Gasteiger partial charge in [0.2, 0.25) is 0 Å². The zero-order valence-electron chi connectivity index (χ0n) is 7.63. The van der Waals surface area contributed by atoms with Crippen molar-refractivity contribution in [1.82, 2.24) is 0 Å². The fraction of sp³-hybridized carbons (Fsp3) is 0.400. The van der Waals surface area contributed by atoms with Crippen molar-refractivity contribution in [3.63, 3.8) is 0 Å². The number of ether oxygens (including phenoxy) is 1. The van der Waals surface area contributed by atoms with E-state index in [0.29, 0.717) is 0 Å². The van der Waals surface area contributed by atoms with Gasteiger partial charge in [0.1, 0.15) is 0 Å². The lowest BCUT2D eigenvalue weighted by Crippen LogP contribution is -2.04. The second-order valence-electron chi connectivity index (χ2n) is 2.84. The topological polar surface area (TPSA) is 9.23 Å². The SMILES string of the molecule is CCOCc1cc(C)ccc1P. The van der Waals surface area contributed by atoms with Crippen LogP contribution in [0.1, 0.15) is 18.1 Å². The maximum Gasteiger partial charge on any atom is 0.0722 e. The molecule has 0 saturated carbocycles. The van der Waals surface area contributed by atoms with E-state index in [1.165, 1.54) is 16.4 Å². The van der Waals surface area contributed by atoms with E-state index in [-0.39, 0.29) is 0 Å². The third-order valence-electron chi connectivity index (χ3n) is 1.76. The molecule has 0 bridgehead atoms. The first-order valence-corrected chi connectivity index (χ1v) is 4.74. The highest BCUT2D eigenvalue weighted by molar-refractivity contribution is 7.27. The minimum absolute atomic E-state index is 0.719. The summed E-state index contributed by atoms with van der Waals surface area (Å²) >= 11 is 0.